The second-order valence-electron chi connectivity index (χ2n) is 6.98. The molecule has 0 fully saturated rings. The number of fused-ring (bicyclic) bond motifs is 1. The van der Waals surface area contributed by atoms with Crippen LogP contribution in [0.2, 0.25) is 0 Å². The highest BCUT2D eigenvalue weighted by Crippen LogP contribution is 2.24. The number of carbonyl (C=O) groups is 1. The molecule has 0 bridgehead atoms. The van der Waals surface area contributed by atoms with E-state index in [1.807, 2.05) is 39.8 Å². The third kappa shape index (κ3) is 3.25. The largest absolute Gasteiger partial charge is 0.360 e. The summed E-state index contributed by atoms with van der Waals surface area (Å²) >= 11 is 0. The molecule has 1 atom stereocenters. The highest BCUT2D eigenvalue weighted by atomic mass is 16.5. The van der Waals surface area contributed by atoms with Crippen LogP contribution in [0.25, 0.3) is 10.9 Å². The second-order valence-corrected chi connectivity index (χ2v) is 6.98. The molecule has 2 heterocycles. The lowest BCUT2D eigenvalue weighted by atomic mass is 10.0. The number of nitrogens with zero attached hydrogens (tertiary/aromatic N) is 3. The van der Waals surface area contributed by atoms with Gasteiger partial charge in [0.05, 0.1) is 11.1 Å². The van der Waals surface area contributed by atoms with Gasteiger partial charge in [0.25, 0.3) is 5.56 Å². The van der Waals surface area contributed by atoms with Crippen LogP contribution in [0.4, 0.5) is 5.69 Å². The molecule has 1 N–H and O–H groups in total. The van der Waals surface area contributed by atoms with Gasteiger partial charge in [0.15, 0.2) is 5.52 Å². The third-order valence-corrected chi connectivity index (χ3v) is 4.80. The summed E-state index contributed by atoms with van der Waals surface area (Å²) in [6.07, 6.45) is 0.421. The fourth-order valence-corrected chi connectivity index (χ4v) is 3.57. The van der Waals surface area contributed by atoms with E-state index in [4.69, 9.17) is 4.52 Å². The molecule has 0 aliphatic heterocycles. The van der Waals surface area contributed by atoms with Crippen LogP contribution < -0.4 is 10.9 Å². The van der Waals surface area contributed by atoms with Crippen LogP contribution >= 0.6 is 0 Å². The summed E-state index contributed by atoms with van der Waals surface area (Å²) in [6, 6.07) is 3.29. The van der Waals surface area contributed by atoms with E-state index in [1.165, 1.54) is 4.68 Å². The number of rotatable bonds is 4. The number of hydrogen-bond donors (Lipinski definition) is 1. The van der Waals surface area contributed by atoms with E-state index in [9.17, 15) is 9.59 Å². The number of nitrogens with one attached hydrogen (secondary N) is 1. The number of aromatic nitrogens is 3. The standard InChI is InChI=1S/C20H24N4O3/c1-7-15(19(25)21-17-11(3)8-10(2)9-12(17)4)24-20(26)18-16(13(5)22-24)14(6)27-23-18/h8-9,15H,7H2,1-6H3,(H,21,25)/t15-/m1/s1. The molecule has 0 aliphatic carbocycles. The van der Waals surface area contributed by atoms with Crippen LogP contribution in [0.5, 0.6) is 0 Å². The first kappa shape index (κ1) is 18.8. The first-order chi connectivity index (χ1) is 12.7. The minimum absolute atomic E-state index is 0.203. The second kappa shape index (κ2) is 6.98. The van der Waals surface area contributed by atoms with E-state index in [1.54, 1.807) is 13.8 Å². The number of hydrogen-bond acceptors (Lipinski definition) is 5. The van der Waals surface area contributed by atoms with Crippen LogP contribution in [0.3, 0.4) is 0 Å². The average molecular weight is 368 g/mol. The van der Waals surface area contributed by atoms with E-state index in [0.29, 0.717) is 23.3 Å². The van der Waals surface area contributed by atoms with Crippen molar-refractivity contribution in [3.05, 3.63) is 50.6 Å². The predicted molar refractivity (Wildman–Crippen MR) is 104 cm³/mol. The zero-order valence-electron chi connectivity index (χ0n) is 16.5. The average Bonchev–Trinajstić information content (AvgIpc) is 2.98. The zero-order valence-corrected chi connectivity index (χ0v) is 16.5. The monoisotopic (exact) mass is 368 g/mol. The van der Waals surface area contributed by atoms with Crippen molar-refractivity contribution < 1.29 is 9.32 Å². The number of aryl methyl sites for hydroxylation is 5. The topological polar surface area (TPSA) is 90.0 Å². The summed E-state index contributed by atoms with van der Waals surface area (Å²) in [5.41, 5.74) is 4.25. The Labute approximate surface area is 157 Å². The molecule has 0 spiro atoms. The van der Waals surface area contributed by atoms with Crippen molar-refractivity contribution in [2.75, 3.05) is 5.32 Å². The lowest BCUT2D eigenvalue weighted by molar-refractivity contribution is -0.119. The molecule has 2 aromatic heterocycles. The van der Waals surface area contributed by atoms with Crippen LogP contribution in [0, 0.1) is 34.6 Å². The lowest BCUT2D eigenvalue weighted by Gasteiger charge is -2.19. The Hall–Kier alpha value is -2.96. The Bertz CT molecular complexity index is 1070. The number of carbonyl (C=O) groups excluding carboxylic acids is 1. The van der Waals surface area contributed by atoms with Crippen LogP contribution in [0.15, 0.2) is 21.5 Å². The Morgan fingerprint density at radius 3 is 2.41 bits per heavy atom. The summed E-state index contributed by atoms with van der Waals surface area (Å²) in [7, 11) is 0. The molecular formula is C20H24N4O3. The highest BCUT2D eigenvalue weighted by molar-refractivity contribution is 5.95. The Morgan fingerprint density at radius 1 is 1.19 bits per heavy atom. The maximum absolute atomic E-state index is 13.0. The van der Waals surface area contributed by atoms with Crippen LogP contribution in [-0.2, 0) is 4.79 Å². The summed E-state index contributed by atoms with van der Waals surface area (Å²) in [6.45, 7) is 11.3. The molecule has 142 valence electrons. The van der Waals surface area contributed by atoms with Gasteiger partial charge < -0.3 is 9.84 Å². The first-order valence-corrected chi connectivity index (χ1v) is 8.98. The van der Waals surface area contributed by atoms with Gasteiger partial charge in [-0.3, -0.25) is 9.59 Å². The molecule has 1 amide bonds. The van der Waals surface area contributed by atoms with Gasteiger partial charge in [-0.1, -0.05) is 29.8 Å². The summed E-state index contributed by atoms with van der Waals surface area (Å²) in [5, 5.41) is 11.8. The van der Waals surface area contributed by atoms with E-state index in [-0.39, 0.29) is 11.4 Å². The van der Waals surface area contributed by atoms with E-state index >= 15 is 0 Å². The molecule has 3 aromatic rings. The van der Waals surface area contributed by atoms with Gasteiger partial charge in [-0.2, -0.15) is 5.10 Å². The minimum atomic E-state index is -0.738. The quantitative estimate of drug-likeness (QED) is 0.761. The van der Waals surface area contributed by atoms with Gasteiger partial charge in [-0.25, -0.2) is 4.68 Å². The van der Waals surface area contributed by atoms with E-state index in [2.05, 4.69) is 15.6 Å². The molecule has 7 heteroatoms. The Balaban J connectivity index is 2.03. The SMILES string of the molecule is CC[C@H](C(=O)Nc1c(C)cc(C)cc1C)n1nc(C)c2c(C)onc2c1=O. The van der Waals surface area contributed by atoms with Gasteiger partial charge in [-0.05, 0) is 52.2 Å². The highest BCUT2D eigenvalue weighted by Gasteiger charge is 2.25. The van der Waals surface area contributed by atoms with Crippen molar-refractivity contribution in [1.82, 2.24) is 14.9 Å². The minimum Gasteiger partial charge on any atom is -0.360 e. The van der Waals surface area contributed by atoms with Crippen molar-refractivity contribution in [3.63, 3.8) is 0 Å². The molecule has 0 aliphatic rings. The molecule has 0 unspecified atom stereocenters. The maximum Gasteiger partial charge on any atom is 0.297 e. The number of anilines is 1. The van der Waals surface area contributed by atoms with Crippen LogP contribution in [-0.4, -0.2) is 20.8 Å². The molecule has 1 aromatic carbocycles. The molecule has 3 rings (SSSR count). The van der Waals surface area contributed by atoms with E-state index < -0.39 is 11.6 Å². The fraction of sp³-hybridized carbons (Fsp3) is 0.400. The van der Waals surface area contributed by atoms with Crippen molar-refractivity contribution in [3.8, 4) is 0 Å². The zero-order chi connectivity index (χ0) is 19.9. The number of benzene rings is 1. The maximum atomic E-state index is 13.0. The first-order valence-electron chi connectivity index (χ1n) is 8.98. The molecule has 27 heavy (non-hydrogen) atoms. The molecule has 0 saturated heterocycles. The molecular weight excluding hydrogens is 344 g/mol. The van der Waals surface area contributed by atoms with Crippen molar-refractivity contribution in [2.24, 2.45) is 0 Å². The fourth-order valence-electron chi connectivity index (χ4n) is 3.57. The van der Waals surface area contributed by atoms with Crippen molar-refractivity contribution in [1.29, 1.82) is 0 Å². The summed E-state index contributed by atoms with van der Waals surface area (Å²) in [5.74, 6) is 0.267. The van der Waals surface area contributed by atoms with Gasteiger partial charge in [0, 0.05) is 5.69 Å². The van der Waals surface area contributed by atoms with Crippen molar-refractivity contribution >= 4 is 22.5 Å². The lowest BCUT2D eigenvalue weighted by Crippen LogP contribution is -2.35. The Morgan fingerprint density at radius 2 is 1.81 bits per heavy atom. The van der Waals surface area contributed by atoms with Gasteiger partial charge >= 0.3 is 0 Å². The van der Waals surface area contributed by atoms with E-state index in [0.717, 1.165) is 22.4 Å². The van der Waals surface area contributed by atoms with Crippen LogP contribution in [0.1, 0.15) is 47.5 Å². The molecule has 7 nitrogen and oxygen atoms in total. The predicted octanol–water partition coefficient (Wildman–Crippen LogP) is 3.52. The summed E-state index contributed by atoms with van der Waals surface area (Å²) < 4.78 is 6.36. The van der Waals surface area contributed by atoms with Gasteiger partial charge in [0.1, 0.15) is 11.8 Å². The molecule has 0 radical (unpaired) electrons. The van der Waals surface area contributed by atoms with Crippen molar-refractivity contribution in [2.45, 2.75) is 54.0 Å². The Kier molecular flexibility index (Phi) is 4.87. The van der Waals surface area contributed by atoms with Gasteiger partial charge in [-0.15, -0.1) is 0 Å². The number of amides is 1. The van der Waals surface area contributed by atoms with Gasteiger partial charge in [0.2, 0.25) is 5.91 Å². The third-order valence-electron chi connectivity index (χ3n) is 4.80. The normalized spacial score (nSPS) is 12.4. The molecule has 0 saturated carbocycles. The smallest absolute Gasteiger partial charge is 0.297 e. The summed E-state index contributed by atoms with van der Waals surface area (Å²) in [4.78, 5) is 25.8.